The topological polar surface area (TPSA) is 29.5 Å². The highest BCUT2D eigenvalue weighted by molar-refractivity contribution is 5.30. The molecule has 0 aliphatic carbocycles. The molecule has 1 aromatic rings. The van der Waals surface area contributed by atoms with Crippen LogP contribution < -0.4 is 4.74 Å². The molecular formula is C17H28O2. The molecule has 0 fully saturated rings. The van der Waals surface area contributed by atoms with Crippen LogP contribution in [0, 0.1) is 0 Å². The van der Waals surface area contributed by atoms with Gasteiger partial charge in [0.05, 0.1) is 0 Å². The molecule has 2 heteroatoms. The Kier molecular flexibility index (Phi) is 8.17. The first kappa shape index (κ1) is 17.7. The first-order chi connectivity index (χ1) is 8.86. The Hall–Kier alpha value is -1.28. The molecule has 0 saturated heterocycles. The Morgan fingerprint density at radius 2 is 1.95 bits per heavy atom. The maximum Gasteiger partial charge on any atom is 0.120 e. The van der Waals surface area contributed by atoms with E-state index in [2.05, 4.69) is 32.6 Å². The zero-order valence-electron chi connectivity index (χ0n) is 12.9. The molecule has 1 N–H and O–H groups in total. The predicted molar refractivity (Wildman–Crippen MR) is 82.8 cm³/mol. The predicted octanol–water partition coefficient (Wildman–Crippen LogP) is 4.54. The van der Waals surface area contributed by atoms with E-state index in [0.717, 1.165) is 5.75 Å². The van der Waals surface area contributed by atoms with Gasteiger partial charge in [0.25, 0.3) is 0 Å². The second-order valence-corrected chi connectivity index (χ2v) is 5.47. The average Bonchev–Trinajstić information content (AvgIpc) is 2.29. The van der Waals surface area contributed by atoms with Crippen molar-refractivity contribution in [2.45, 2.75) is 52.6 Å². The SMILES string of the molecule is C=CC.CC(C)c1cccc(OC(C)(C)CCO)c1. The Balaban J connectivity index is 0.000000982. The molecule has 2 nitrogen and oxygen atoms in total. The Morgan fingerprint density at radius 1 is 1.37 bits per heavy atom. The number of aliphatic hydroxyl groups excluding tert-OH is 1. The molecule has 1 rings (SSSR count). The minimum absolute atomic E-state index is 0.150. The summed E-state index contributed by atoms with van der Waals surface area (Å²) in [5.41, 5.74) is 0.960. The zero-order chi connectivity index (χ0) is 14.9. The van der Waals surface area contributed by atoms with Gasteiger partial charge < -0.3 is 9.84 Å². The third kappa shape index (κ3) is 7.68. The first-order valence-corrected chi connectivity index (χ1v) is 6.83. The van der Waals surface area contributed by atoms with Crippen LogP contribution in [0.2, 0.25) is 0 Å². The number of hydrogen-bond acceptors (Lipinski definition) is 2. The largest absolute Gasteiger partial charge is 0.488 e. The van der Waals surface area contributed by atoms with Gasteiger partial charge in [-0.25, -0.2) is 0 Å². The van der Waals surface area contributed by atoms with Gasteiger partial charge >= 0.3 is 0 Å². The monoisotopic (exact) mass is 264 g/mol. The first-order valence-electron chi connectivity index (χ1n) is 6.83. The lowest BCUT2D eigenvalue weighted by atomic mass is 10.0. The maximum atomic E-state index is 8.94. The van der Waals surface area contributed by atoms with Crippen molar-refractivity contribution in [2.24, 2.45) is 0 Å². The maximum absolute atomic E-state index is 8.94. The van der Waals surface area contributed by atoms with E-state index in [1.807, 2.05) is 32.9 Å². The molecule has 108 valence electrons. The molecule has 0 saturated carbocycles. The average molecular weight is 264 g/mol. The molecule has 0 aliphatic heterocycles. The summed E-state index contributed by atoms with van der Waals surface area (Å²) in [5.74, 6) is 1.38. The third-order valence-electron chi connectivity index (χ3n) is 2.63. The van der Waals surface area contributed by atoms with E-state index in [4.69, 9.17) is 9.84 Å². The lowest BCUT2D eigenvalue weighted by Crippen LogP contribution is -2.29. The van der Waals surface area contributed by atoms with Gasteiger partial charge in [0.15, 0.2) is 0 Å². The van der Waals surface area contributed by atoms with E-state index in [1.165, 1.54) is 5.56 Å². The summed E-state index contributed by atoms with van der Waals surface area (Å²) >= 11 is 0. The minimum Gasteiger partial charge on any atom is -0.488 e. The molecule has 0 radical (unpaired) electrons. The quantitative estimate of drug-likeness (QED) is 0.791. The van der Waals surface area contributed by atoms with E-state index in [0.29, 0.717) is 12.3 Å². The molecule has 0 unspecified atom stereocenters. The van der Waals surface area contributed by atoms with Gasteiger partial charge in [0, 0.05) is 13.0 Å². The van der Waals surface area contributed by atoms with Crippen LogP contribution >= 0.6 is 0 Å². The summed E-state index contributed by atoms with van der Waals surface area (Å²) in [6, 6.07) is 8.16. The Morgan fingerprint density at radius 3 is 2.42 bits per heavy atom. The van der Waals surface area contributed by atoms with Crippen molar-refractivity contribution in [3.63, 3.8) is 0 Å². The molecular weight excluding hydrogens is 236 g/mol. The van der Waals surface area contributed by atoms with Gasteiger partial charge in [-0.1, -0.05) is 32.1 Å². The fraction of sp³-hybridized carbons (Fsp3) is 0.529. The highest BCUT2D eigenvalue weighted by Gasteiger charge is 2.19. The van der Waals surface area contributed by atoms with Crippen LogP contribution in [0.5, 0.6) is 5.75 Å². The molecule has 0 atom stereocenters. The van der Waals surface area contributed by atoms with Crippen molar-refractivity contribution in [2.75, 3.05) is 6.61 Å². The Bertz CT molecular complexity index is 367. The molecule has 0 aliphatic rings. The molecule has 0 aromatic heterocycles. The summed E-state index contributed by atoms with van der Waals surface area (Å²) in [6.45, 7) is 13.7. The number of ether oxygens (including phenoxy) is 1. The molecule has 0 heterocycles. The third-order valence-corrected chi connectivity index (χ3v) is 2.63. The summed E-state index contributed by atoms with van der Waals surface area (Å²) in [5, 5.41) is 8.94. The zero-order valence-corrected chi connectivity index (χ0v) is 12.9. The Labute approximate surface area is 118 Å². The number of benzene rings is 1. The summed E-state index contributed by atoms with van der Waals surface area (Å²) in [4.78, 5) is 0. The van der Waals surface area contributed by atoms with Crippen LogP contribution in [0.4, 0.5) is 0 Å². The molecule has 0 spiro atoms. The molecule has 1 aromatic carbocycles. The lowest BCUT2D eigenvalue weighted by molar-refractivity contribution is 0.0764. The molecule has 19 heavy (non-hydrogen) atoms. The van der Waals surface area contributed by atoms with E-state index in [-0.39, 0.29) is 12.2 Å². The fourth-order valence-corrected chi connectivity index (χ4v) is 1.58. The van der Waals surface area contributed by atoms with Crippen molar-refractivity contribution in [1.29, 1.82) is 0 Å². The second kappa shape index (κ2) is 8.76. The van der Waals surface area contributed by atoms with Crippen LogP contribution in [0.1, 0.15) is 52.5 Å². The van der Waals surface area contributed by atoms with E-state index >= 15 is 0 Å². The van der Waals surface area contributed by atoms with Crippen LogP contribution in [0.3, 0.4) is 0 Å². The van der Waals surface area contributed by atoms with E-state index < -0.39 is 0 Å². The normalized spacial score (nSPS) is 10.7. The van der Waals surface area contributed by atoms with Crippen molar-refractivity contribution in [3.05, 3.63) is 42.5 Å². The van der Waals surface area contributed by atoms with Crippen LogP contribution in [-0.4, -0.2) is 17.3 Å². The van der Waals surface area contributed by atoms with E-state index in [9.17, 15) is 0 Å². The minimum atomic E-state index is -0.315. The van der Waals surface area contributed by atoms with Gasteiger partial charge in [-0.3, -0.25) is 0 Å². The molecule has 0 amide bonds. The lowest BCUT2D eigenvalue weighted by Gasteiger charge is -2.26. The van der Waals surface area contributed by atoms with Gasteiger partial charge in [-0.2, -0.15) is 0 Å². The molecule has 0 bridgehead atoms. The van der Waals surface area contributed by atoms with Gasteiger partial charge in [0.1, 0.15) is 11.4 Å². The number of aliphatic hydroxyl groups is 1. The van der Waals surface area contributed by atoms with Crippen molar-refractivity contribution >= 4 is 0 Å². The van der Waals surface area contributed by atoms with Crippen LogP contribution in [-0.2, 0) is 0 Å². The van der Waals surface area contributed by atoms with Crippen LogP contribution in [0.25, 0.3) is 0 Å². The van der Waals surface area contributed by atoms with Gasteiger partial charge in [-0.15, -0.1) is 6.58 Å². The van der Waals surface area contributed by atoms with Gasteiger partial charge in [-0.05, 0) is 44.4 Å². The highest BCUT2D eigenvalue weighted by Crippen LogP contribution is 2.24. The number of rotatable bonds is 5. The van der Waals surface area contributed by atoms with Crippen LogP contribution in [0.15, 0.2) is 36.9 Å². The van der Waals surface area contributed by atoms with E-state index in [1.54, 1.807) is 6.08 Å². The highest BCUT2D eigenvalue weighted by atomic mass is 16.5. The fourth-order valence-electron chi connectivity index (χ4n) is 1.58. The number of hydrogen-bond donors (Lipinski definition) is 1. The summed E-state index contributed by atoms with van der Waals surface area (Å²) in [7, 11) is 0. The van der Waals surface area contributed by atoms with Gasteiger partial charge in [0.2, 0.25) is 0 Å². The smallest absolute Gasteiger partial charge is 0.120 e. The number of allylic oxidation sites excluding steroid dienone is 1. The standard InChI is InChI=1S/C14H22O2.C3H6/c1-11(2)12-6-5-7-13(10-12)16-14(3,4)8-9-15;1-3-2/h5-7,10-11,15H,8-9H2,1-4H3;3H,1H2,2H3. The van der Waals surface area contributed by atoms with Crippen molar-refractivity contribution in [1.82, 2.24) is 0 Å². The summed E-state index contributed by atoms with van der Waals surface area (Å²) < 4.78 is 5.87. The van der Waals surface area contributed by atoms with Crippen molar-refractivity contribution in [3.8, 4) is 5.75 Å². The summed E-state index contributed by atoms with van der Waals surface area (Å²) in [6.07, 6.45) is 2.39. The second-order valence-electron chi connectivity index (χ2n) is 5.47. The van der Waals surface area contributed by atoms with Crippen molar-refractivity contribution < 1.29 is 9.84 Å².